The third-order valence-corrected chi connectivity index (χ3v) is 4.09. The summed E-state index contributed by atoms with van der Waals surface area (Å²) in [5, 5.41) is 3.01. The highest BCUT2D eigenvalue weighted by atomic mass is 79.9. The van der Waals surface area contributed by atoms with Crippen molar-refractivity contribution in [1.29, 1.82) is 0 Å². The summed E-state index contributed by atoms with van der Waals surface area (Å²) in [6, 6.07) is 15.2. The second-order valence-electron chi connectivity index (χ2n) is 5.08. The van der Waals surface area contributed by atoms with E-state index >= 15 is 0 Å². The summed E-state index contributed by atoms with van der Waals surface area (Å²) in [7, 11) is 0. The molecular weight excluding hydrogens is 344 g/mol. The van der Waals surface area contributed by atoms with Crippen molar-refractivity contribution in [1.82, 2.24) is 0 Å². The third kappa shape index (κ3) is 3.48. The van der Waals surface area contributed by atoms with E-state index in [1.165, 1.54) is 0 Å². The van der Waals surface area contributed by atoms with Crippen LogP contribution >= 0.6 is 15.9 Å². The van der Waals surface area contributed by atoms with Crippen molar-refractivity contribution >= 4 is 33.2 Å². The van der Waals surface area contributed by atoms with Crippen molar-refractivity contribution in [2.24, 2.45) is 0 Å². The van der Waals surface area contributed by atoms with Crippen LogP contribution in [0.15, 0.2) is 53.0 Å². The fourth-order valence-electron chi connectivity index (χ4n) is 2.47. The number of ether oxygens (including phenoxy) is 1. The molecule has 4 nitrogen and oxygen atoms in total. The Morgan fingerprint density at radius 3 is 2.55 bits per heavy atom. The van der Waals surface area contributed by atoms with E-state index in [4.69, 9.17) is 4.74 Å². The summed E-state index contributed by atoms with van der Waals surface area (Å²) in [5.41, 5.74) is 2.48. The van der Waals surface area contributed by atoms with E-state index < -0.39 is 0 Å². The molecule has 2 aromatic rings. The van der Waals surface area contributed by atoms with Gasteiger partial charge in [0.25, 0.3) is 5.91 Å². The lowest BCUT2D eigenvalue weighted by Gasteiger charge is -2.30. The van der Waals surface area contributed by atoms with Gasteiger partial charge in [-0.15, -0.1) is 0 Å². The van der Waals surface area contributed by atoms with Gasteiger partial charge in [0, 0.05) is 23.1 Å². The molecule has 0 spiro atoms. The van der Waals surface area contributed by atoms with Crippen molar-refractivity contribution in [3.63, 3.8) is 0 Å². The standard InChI is InChI=1S/C17H17BrN2O2/c18-14-6-7-16(20-8-10-22-11-9-20)15(12-14)19-17(21)13-4-2-1-3-5-13/h1-7,12H,8-11H2,(H,19,21). The Morgan fingerprint density at radius 1 is 1.09 bits per heavy atom. The maximum atomic E-state index is 12.4. The maximum Gasteiger partial charge on any atom is 0.255 e. The molecule has 22 heavy (non-hydrogen) atoms. The van der Waals surface area contributed by atoms with Crippen LogP contribution < -0.4 is 10.2 Å². The first kappa shape index (κ1) is 15.1. The lowest BCUT2D eigenvalue weighted by molar-refractivity contribution is 0.102. The second-order valence-corrected chi connectivity index (χ2v) is 6.00. The number of nitrogens with zero attached hydrogens (tertiary/aromatic N) is 1. The molecule has 1 heterocycles. The molecule has 3 rings (SSSR count). The van der Waals surface area contributed by atoms with Gasteiger partial charge in [-0.1, -0.05) is 34.1 Å². The molecule has 0 bridgehead atoms. The number of benzene rings is 2. The van der Waals surface area contributed by atoms with Crippen molar-refractivity contribution in [2.45, 2.75) is 0 Å². The molecule has 5 heteroatoms. The normalized spacial score (nSPS) is 14.7. The van der Waals surface area contributed by atoms with Gasteiger partial charge >= 0.3 is 0 Å². The zero-order valence-corrected chi connectivity index (χ0v) is 13.7. The minimum atomic E-state index is -0.104. The fraction of sp³-hybridized carbons (Fsp3) is 0.235. The van der Waals surface area contributed by atoms with Crippen LogP contribution in [0.5, 0.6) is 0 Å². The molecule has 1 amide bonds. The largest absolute Gasteiger partial charge is 0.378 e. The minimum absolute atomic E-state index is 0.104. The van der Waals surface area contributed by atoms with Crippen LogP contribution in [0.2, 0.25) is 0 Å². The van der Waals surface area contributed by atoms with Crippen LogP contribution in [-0.4, -0.2) is 32.2 Å². The second kappa shape index (κ2) is 6.94. The van der Waals surface area contributed by atoms with Gasteiger partial charge in [0.05, 0.1) is 24.6 Å². The number of rotatable bonds is 3. The van der Waals surface area contributed by atoms with Gasteiger partial charge in [-0.25, -0.2) is 0 Å². The van der Waals surface area contributed by atoms with E-state index in [9.17, 15) is 4.79 Å². The number of hydrogen-bond acceptors (Lipinski definition) is 3. The monoisotopic (exact) mass is 360 g/mol. The molecule has 0 unspecified atom stereocenters. The molecular formula is C17H17BrN2O2. The highest BCUT2D eigenvalue weighted by Gasteiger charge is 2.16. The molecule has 1 N–H and O–H groups in total. The zero-order chi connectivity index (χ0) is 15.4. The molecule has 0 aromatic heterocycles. The maximum absolute atomic E-state index is 12.4. The van der Waals surface area contributed by atoms with Gasteiger partial charge in [0.1, 0.15) is 0 Å². The average molecular weight is 361 g/mol. The van der Waals surface area contributed by atoms with E-state index in [0.29, 0.717) is 18.8 Å². The first-order valence-corrected chi connectivity index (χ1v) is 8.02. The molecule has 0 radical (unpaired) electrons. The SMILES string of the molecule is O=C(Nc1cc(Br)ccc1N1CCOCC1)c1ccccc1. The van der Waals surface area contributed by atoms with Gasteiger partial charge in [0.2, 0.25) is 0 Å². The Bertz CT molecular complexity index is 655. The van der Waals surface area contributed by atoms with Gasteiger partial charge in [-0.2, -0.15) is 0 Å². The molecule has 1 fully saturated rings. The highest BCUT2D eigenvalue weighted by Crippen LogP contribution is 2.30. The number of morpholine rings is 1. The van der Waals surface area contributed by atoms with E-state index in [1.54, 1.807) is 0 Å². The van der Waals surface area contributed by atoms with Crippen LogP contribution in [-0.2, 0) is 4.74 Å². The van der Waals surface area contributed by atoms with Gasteiger partial charge in [0.15, 0.2) is 0 Å². The van der Waals surface area contributed by atoms with Gasteiger partial charge < -0.3 is 15.0 Å². The van der Waals surface area contributed by atoms with E-state index in [-0.39, 0.29) is 5.91 Å². The molecule has 0 aliphatic carbocycles. The summed E-state index contributed by atoms with van der Waals surface area (Å²) in [6.07, 6.45) is 0. The smallest absolute Gasteiger partial charge is 0.255 e. The average Bonchev–Trinajstić information content (AvgIpc) is 2.56. The van der Waals surface area contributed by atoms with Crippen LogP contribution in [0.25, 0.3) is 0 Å². The first-order valence-electron chi connectivity index (χ1n) is 7.23. The zero-order valence-electron chi connectivity index (χ0n) is 12.1. The number of amides is 1. The topological polar surface area (TPSA) is 41.6 Å². The summed E-state index contributed by atoms with van der Waals surface area (Å²) < 4.78 is 6.33. The summed E-state index contributed by atoms with van der Waals surface area (Å²) in [5.74, 6) is -0.104. The lowest BCUT2D eigenvalue weighted by atomic mass is 10.2. The van der Waals surface area contributed by atoms with Gasteiger partial charge in [-0.3, -0.25) is 4.79 Å². The molecule has 0 atom stereocenters. The molecule has 1 aliphatic heterocycles. The van der Waals surface area contributed by atoms with Crippen molar-refractivity contribution < 1.29 is 9.53 Å². The number of anilines is 2. The lowest BCUT2D eigenvalue weighted by Crippen LogP contribution is -2.36. The number of nitrogens with one attached hydrogen (secondary N) is 1. The minimum Gasteiger partial charge on any atom is -0.378 e. The van der Waals surface area contributed by atoms with E-state index in [2.05, 4.69) is 26.1 Å². The fourth-order valence-corrected chi connectivity index (χ4v) is 2.83. The van der Waals surface area contributed by atoms with Crippen molar-refractivity contribution in [2.75, 3.05) is 36.5 Å². The number of carbonyl (C=O) groups excluding carboxylic acids is 1. The summed E-state index contributed by atoms with van der Waals surface area (Å²) in [6.45, 7) is 3.08. The Kier molecular flexibility index (Phi) is 4.75. The first-order chi connectivity index (χ1) is 10.7. The van der Waals surface area contributed by atoms with E-state index in [0.717, 1.165) is 28.9 Å². The predicted octanol–water partition coefficient (Wildman–Crippen LogP) is 3.54. The summed E-state index contributed by atoms with van der Waals surface area (Å²) in [4.78, 5) is 14.6. The molecule has 114 valence electrons. The van der Waals surface area contributed by atoms with Crippen molar-refractivity contribution in [3.05, 3.63) is 58.6 Å². The highest BCUT2D eigenvalue weighted by molar-refractivity contribution is 9.10. The third-order valence-electron chi connectivity index (χ3n) is 3.59. The van der Waals surface area contributed by atoms with Crippen LogP contribution in [0.1, 0.15) is 10.4 Å². The summed E-state index contributed by atoms with van der Waals surface area (Å²) >= 11 is 3.47. The quantitative estimate of drug-likeness (QED) is 0.909. The Labute approximate surface area is 138 Å². The molecule has 1 aliphatic rings. The van der Waals surface area contributed by atoms with Crippen molar-refractivity contribution in [3.8, 4) is 0 Å². The Balaban J connectivity index is 1.85. The molecule has 1 saturated heterocycles. The molecule has 2 aromatic carbocycles. The number of halogens is 1. The number of hydrogen-bond donors (Lipinski definition) is 1. The predicted molar refractivity (Wildman–Crippen MR) is 91.6 cm³/mol. The Morgan fingerprint density at radius 2 is 1.82 bits per heavy atom. The van der Waals surface area contributed by atoms with Crippen LogP contribution in [0.4, 0.5) is 11.4 Å². The van der Waals surface area contributed by atoms with Crippen LogP contribution in [0.3, 0.4) is 0 Å². The molecule has 0 saturated carbocycles. The number of carbonyl (C=O) groups is 1. The Hall–Kier alpha value is -1.85. The van der Waals surface area contributed by atoms with Crippen LogP contribution in [0, 0.1) is 0 Å². The van der Waals surface area contributed by atoms with E-state index in [1.807, 2.05) is 48.5 Å². The van der Waals surface area contributed by atoms with Gasteiger partial charge in [-0.05, 0) is 30.3 Å².